The van der Waals surface area contributed by atoms with Gasteiger partial charge in [0.25, 0.3) is 0 Å². The number of nitriles is 1. The molecule has 3 rings (SSSR count). The molecule has 98 valence electrons. The number of rotatable bonds is 3. The summed E-state index contributed by atoms with van der Waals surface area (Å²) in [6.45, 7) is 3.25. The summed E-state index contributed by atoms with van der Waals surface area (Å²) < 4.78 is 5.34. The molecule has 0 aliphatic carbocycles. The van der Waals surface area contributed by atoms with Gasteiger partial charge in [-0.3, -0.25) is 4.90 Å². The number of nitrogens with zero attached hydrogens (tertiary/aromatic N) is 3. The van der Waals surface area contributed by atoms with Gasteiger partial charge in [0.05, 0.1) is 18.0 Å². The van der Waals surface area contributed by atoms with Crippen molar-refractivity contribution in [2.75, 3.05) is 19.6 Å². The first-order valence-electron chi connectivity index (χ1n) is 6.19. The Morgan fingerprint density at radius 1 is 1.63 bits per heavy atom. The molecule has 1 atom stereocenters. The van der Waals surface area contributed by atoms with E-state index in [1.165, 1.54) is 0 Å². The topological polar surface area (TPSA) is 65.1 Å². The highest BCUT2D eigenvalue weighted by molar-refractivity contribution is 7.13. The quantitative estimate of drug-likeness (QED) is 0.923. The van der Waals surface area contributed by atoms with E-state index >= 15 is 0 Å². The second-order valence-corrected chi connectivity index (χ2v) is 5.30. The van der Waals surface area contributed by atoms with Crippen molar-refractivity contribution in [1.82, 2.24) is 15.2 Å². The van der Waals surface area contributed by atoms with Crippen molar-refractivity contribution in [2.24, 2.45) is 0 Å². The van der Waals surface area contributed by atoms with Crippen LogP contribution in [0.4, 0.5) is 0 Å². The summed E-state index contributed by atoms with van der Waals surface area (Å²) in [5.74, 6) is 0.799. The summed E-state index contributed by atoms with van der Waals surface area (Å²) in [4.78, 5) is 6.73. The SMILES string of the molecule is N#CC1CNCCN1Cc1csc(-c2ccco2)n1. The Hall–Kier alpha value is -1.68. The van der Waals surface area contributed by atoms with Gasteiger partial charge in [-0.05, 0) is 12.1 Å². The zero-order valence-electron chi connectivity index (χ0n) is 10.4. The maximum atomic E-state index is 9.13. The van der Waals surface area contributed by atoms with Gasteiger partial charge < -0.3 is 9.73 Å². The fraction of sp³-hybridized carbons (Fsp3) is 0.385. The molecule has 0 amide bonds. The predicted octanol–water partition coefficient (Wildman–Crippen LogP) is 1.70. The van der Waals surface area contributed by atoms with Crippen LogP contribution in [0.25, 0.3) is 10.8 Å². The third-order valence-electron chi connectivity index (χ3n) is 3.15. The third-order valence-corrected chi connectivity index (χ3v) is 4.06. The maximum Gasteiger partial charge on any atom is 0.162 e. The molecule has 0 radical (unpaired) electrons. The summed E-state index contributed by atoms with van der Waals surface area (Å²) in [6.07, 6.45) is 1.65. The van der Waals surface area contributed by atoms with Crippen LogP contribution in [0.2, 0.25) is 0 Å². The molecular formula is C13H14N4OS. The second kappa shape index (κ2) is 5.53. The van der Waals surface area contributed by atoms with Crippen LogP contribution in [0.5, 0.6) is 0 Å². The van der Waals surface area contributed by atoms with E-state index in [1.54, 1.807) is 17.6 Å². The van der Waals surface area contributed by atoms with Crippen molar-refractivity contribution < 1.29 is 4.42 Å². The number of hydrogen-bond acceptors (Lipinski definition) is 6. The van der Waals surface area contributed by atoms with Gasteiger partial charge in [-0.15, -0.1) is 11.3 Å². The summed E-state index contributed by atoms with van der Waals surface area (Å²) in [6, 6.07) is 6.03. The number of piperazine rings is 1. The molecule has 1 saturated heterocycles. The molecule has 6 heteroatoms. The molecular weight excluding hydrogens is 260 g/mol. The van der Waals surface area contributed by atoms with Crippen LogP contribution in [-0.4, -0.2) is 35.6 Å². The lowest BCUT2D eigenvalue weighted by Crippen LogP contribution is -2.50. The average molecular weight is 274 g/mol. The largest absolute Gasteiger partial charge is 0.462 e. The summed E-state index contributed by atoms with van der Waals surface area (Å²) in [7, 11) is 0. The van der Waals surface area contributed by atoms with Gasteiger partial charge in [0, 0.05) is 31.6 Å². The van der Waals surface area contributed by atoms with E-state index < -0.39 is 0 Å². The van der Waals surface area contributed by atoms with E-state index in [9.17, 15) is 0 Å². The predicted molar refractivity (Wildman–Crippen MR) is 72.5 cm³/mol. The Morgan fingerprint density at radius 3 is 3.37 bits per heavy atom. The molecule has 1 unspecified atom stereocenters. The first kappa shape index (κ1) is 12.4. The standard InChI is InChI=1S/C13H14N4OS/c14-6-11-7-15-3-4-17(11)8-10-9-19-13(16-10)12-2-1-5-18-12/h1-2,5,9,11,15H,3-4,7-8H2. The monoisotopic (exact) mass is 274 g/mol. The fourth-order valence-electron chi connectivity index (χ4n) is 2.16. The molecule has 1 N–H and O–H groups in total. The number of aromatic nitrogens is 1. The van der Waals surface area contributed by atoms with Crippen LogP contribution in [0.3, 0.4) is 0 Å². The molecule has 0 spiro atoms. The Morgan fingerprint density at radius 2 is 2.58 bits per heavy atom. The van der Waals surface area contributed by atoms with Crippen LogP contribution >= 0.6 is 11.3 Å². The first-order chi connectivity index (χ1) is 9.36. The highest BCUT2D eigenvalue weighted by Gasteiger charge is 2.22. The minimum atomic E-state index is -0.0671. The van der Waals surface area contributed by atoms with Crippen LogP contribution < -0.4 is 5.32 Å². The number of nitrogens with one attached hydrogen (secondary N) is 1. The molecule has 5 nitrogen and oxygen atoms in total. The molecule has 3 heterocycles. The van der Waals surface area contributed by atoms with Gasteiger partial charge in [0.1, 0.15) is 6.04 Å². The van der Waals surface area contributed by atoms with Crippen LogP contribution in [0, 0.1) is 11.3 Å². The molecule has 0 bridgehead atoms. The third kappa shape index (κ3) is 2.68. The van der Waals surface area contributed by atoms with Gasteiger partial charge in [-0.1, -0.05) is 0 Å². The highest BCUT2D eigenvalue weighted by Crippen LogP contribution is 2.24. The van der Waals surface area contributed by atoms with E-state index in [-0.39, 0.29) is 6.04 Å². The van der Waals surface area contributed by atoms with E-state index in [0.29, 0.717) is 0 Å². The van der Waals surface area contributed by atoms with Crippen LogP contribution in [0.1, 0.15) is 5.69 Å². The van der Waals surface area contributed by atoms with Crippen molar-refractivity contribution in [1.29, 1.82) is 5.26 Å². The minimum Gasteiger partial charge on any atom is -0.462 e. The van der Waals surface area contributed by atoms with Gasteiger partial charge in [0.2, 0.25) is 0 Å². The molecule has 0 aromatic carbocycles. The first-order valence-corrected chi connectivity index (χ1v) is 7.07. The molecule has 1 aliphatic heterocycles. The lowest BCUT2D eigenvalue weighted by Gasteiger charge is -2.31. The van der Waals surface area contributed by atoms with Gasteiger partial charge in [0.15, 0.2) is 10.8 Å². The molecule has 2 aromatic rings. The zero-order valence-corrected chi connectivity index (χ0v) is 11.2. The van der Waals surface area contributed by atoms with Crippen molar-refractivity contribution in [3.63, 3.8) is 0 Å². The molecule has 2 aromatic heterocycles. The van der Waals surface area contributed by atoms with E-state index in [2.05, 4.69) is 21.3 Å². The smallest absolute Gasteiger partial charge is 0.162 e. The Balaban J connectivity index is 1.72. The Labute approximate surface area is 115 Å². The average Bonchev–Trinajstić information content (AvgIpc) is 3.09. The van der Waals surface area contributed by atoms with Crippen molar-refractivity contribution in [2.45, 2.75) is 12.6 Å². The lowest BCUT2D eigenvalue weighted by molar-refractivity contribution is 0.187. The van der Waals surface area contributed by atoms with Crippen molar-refractivity contribution >= 4 is 11.3 Å². The summed E-state index contributed by atoms with van der Waals surface area (Å²) >= 11 is 1.57. The Bertz CT molecular complexity index is 572. The van der Waals surface area contributed by atoms with Crippen molar-refractivity contribution in [3.8, 4) is 16.8 Å². The normalized spacial score (nSPS) is 20.3. The van der Waals surface area contributed by atoms with E-state index in [0.717, 1.165) is 42.6 Å². The maximum absolute atomic E-state index is 9.13. The fourth-order valence-corrected chi connectivity index (χ4v) is 2.94. The summed E-state index contributed by atoms with van der Waals surface area (Å²) in [5.41, 5.74) is 0.999. The van der Waals surface area contributed by atoms with Gasteiger partial charge in [-0.25, -0.2) is 4.98 Å². The molecule has 1 fully saturated rings. The van der Waals surface area contributed by atoms with E-state index in [4.69, 9.17) is 9.68 Å². The second-order valence-electron chi connectivity index (χ2n) is 4.44. The van der Waals surface area contributed by atoms with E-state index in [1.807, 2.05) is 17.5 Å². The van der Waals surface area contributed by atoms with Gasteiger partial charge in [-0.2, -0.15) is 5.26 Å². The Kier molecular flexibility index (Phi) is 3.60. The molecule has 19 heavy (non-hydrogen) atoms. The molecule has 0 saturated carbocycles. The van der Waals surface area contributed by atoms with Crippen LogP contribution in [0.15, 0.2) is 28.2 Å². The van der Waals surface area contributed by atoms with Crippen molar-refractivity contribution in [3.05, 3.63) is 29.5 Å². The number of thiazole rings is 1. The van der Waals surface area contributed by atoms with Gasteiger partial charge >= 0.3 is 0 Å². The van der Waals surface area contributed by atoms with Crippen LogP contribution in [-0.2, 0) is 6.54 Å². The summed E-state index contributed by atoms with van der Waals surface area (Å²) in [5, 5.41) is 15.3. The molecule has 1 aliphatic rings. The minimum absolute atomic E-state index is 0.0671. The lowest BCUT2D eigenvalue weighted by atomic mass is 10.2. The highest BCUT2D eigenvalue weighted by atomic mass is 32.1. The zero-order chi connectivity index (χ0) is 13.1. The number of furan rings is 1. The number of hydrogen-bond donors (Lipinski definition) is 1.